The van der Waals surface area contributed by atoms with E-state index in [0.29, 0.717) is 5.75 Å². The summed E-state index contributed by atoms with van der Waals surface area (Å²) < 4.78 is 64.0. The number of carbonyl (C=O) groups excluding carboxylic acids is 1. The summed E-state index contributed by atoms with van der Waals surface area (Å²) in [6.45, 7) is 6.58. The van der Waals surface area contributed by atoms with Crippen LogP contribution in [0.4, 0.5) is 11.4 Å². The Hall–Kier alpha value is -2.83. The Balaban J connectivity index is 2.30. The molecule has 188 valence electrons. The van der Waals surface area contributed by atoms with Crippen molar-refractivity contribution in [3.63, 3.8) is 0 Å². The van der Waals surface area contributed by atoms with E-state index in [0.717, 1.165) is 10.6 Å². The lowest BCUT2D eigenvalue weighted by molar-refractivity contribution is -0.114. The number of carbonyl (C=O) groups is 1. The number of methoxy groups -OCH3 is 1. The highest BCUT2D eigenvalue weighted by molar-refractivity contribution is 7.92. The molecule has 2 aromatic rings. The number of nitrogens with zero attached hydrogens (tertiary/aromatic N) is 1. The number of ether oxygens (including phenoxy) is 2. The SMILES string of the molecule is COc1ccc(S(=O)(=O)NC(C)C)cc1NC(=O)CN(c1ccc(OC(C)C)cc1)S(C)(=O)=O. The zero-order valence-electron chi connectivity index (χ0n) is 20.0. The van der Waals surface area contributed by atoms with E-state index in [-0.39, 0.29) is 34.2 Å². The predicted molar refractivity (Wildman–Crippen MR) is 131 cm³/mol. The van der Waals surface area contributed by atoms with Gasteiger partial charge in [-0.15, -0.1) is 0 Å². The van der Waals surface area contributed by atoms with Gasteiger partial charge < -0.3 is 14.8 Å². The van der Waals surface area contributed by atoms with Crippen molar-refractivity contribution < 1.29 is 31.1 Å². The third-order valence-electron chi connectivity index (χ3n) is 4.33. The minimum absolute atomic E-state index is 0.0482. The van der Waals surface area contributed by atoms with Crippen LogP contribution in [-0.2, 0) is 24.8 Å². The first-order valence-electron chi connectivity index (χ1n) is 10.5. The van der Waals surface area contributed by atoms with E-state index < -0.39 is 32.5 Å². The third-order valence-corrected chi connectivity index (χ3v) is 7.13. The molecule has 0 saturated heterocycles. The Morgan fingerprint density at radius 2 is 1.62 bits per heavy atom. The van der Waals surface area contributed by atoms with Crippen LogP contribution in [0.15, 0.2) is 47.4 Å². The molecule has 0 bridgehead atoms. The summed E-state index contributed by atoms with van der Waals surface area (Å²) >= 11 is 0. The first-order chi connectivity index (χ1) is 15.7. The lowest BCUT2D eigenvalue weighted by atomic mass is 10.2. The highest BCUT2D eigenvalue weighted by Gasteiger charge is 2.23. The Labute approximate surface area is 201 Å². The van der Waals surface area contributed by atoms with E-state index in [1.165, 1.54) is 37.4 Å². The van der Waals surface area contributed by atoms with Crippen molar-refractivity contribution in [1.82, 2.24) is 4.72 Å². The predicted octanol–water partition coefficient (Wildman–Crippen LogP) is 2.57. The molecule has 0 aliphatic heterocycles. The molecule has 34 heavy (non-hydrogen) atoms. The largest absolute Gasteiger partial charge is 0.495 e. The Kier molecular flexibility index (Phi) is 8.92. The van der Waals surface area contributed by atoms with Crippen LogP contribution in [0.1, 0.15) is 27.7 Å². The number of nitrogens with one attached hydrogen (secondary N) is 2. The molecule has 0 fully saturated rings. The zero-order chi connectivity index (χ0) is 25.7. The normalized spacial score (nSPS) is 12.0. The van der Waals surface area contributed by atoms with Gasteiger partial charge in [-0.3, -0.25) is 9.10 Å². The molecule has 2 rings (SSSR count). The maximum absolute atomic E-state index is 12.8. The molecular formula is C22H31N3O7S2. The van der Waals surface area contributed by atoms with Crippen LogP contribution >= 0.6 is 0 Å². The second-order valence-electron chi connectivity index (χ2n) is 8.12. The van der Waals surface area contributed by atoms with Gasteiger partial charge in [0.1, 0.15) is 18.0 Å². The summed E-state index contributed by atoms with van der Waals surface area (Å²) in [7, 11) is -6.26. The summed E-state index contributed by atoms with van der Waals surface area (Å²) in [6, 6.07) is 9.99. The topological polar surface area (TPSA) is 131 Å². The number of anilines is 2. The van der Waals surface area contributed by atoms with Crippen LogP contribution in [0.2, 0.25) is 0 Å². The van der Waals surface area contributed by atoms with Gasteiger partial charge in [-0.1, -0.05) is 0 Å². The highest BCUT2D eigenvalue weighted by atomic mass is 32.2. The number of amides is 1. The number of benzene rings is 2. The van der Waals surface area contributed by atoms with E-state index in [4.69, 9.17) is 9.47 Å². The van der Waals surface area contributed by atoms with E-state index in [2.05, 4.69) is 10.0 Å². The maximum atomic E-state index is 12.8. The summed E-state index contributed by atoms with van der Waals surface area (Å²) in [6.07, 6.45) is 0.942. The molecule has 2 aromatic carbocycles. The fraction of sp³-hybridized carbons (Fsp3) is 0.409. The fourth-order valence-corrected chi connectivity index (χ4v) is 5.15. The molecule has 0 radical (unpaired) electrons. The molecule has 0 spiro atoms. The second-order valence-corrected chi connectivity index (χ2v) is 11.7. The van der Waals surface area contributed by atoms with Crippen LogP contribution in [-0.4, -0.2) is 54.8 Å². The van der Waals surface area contributed by atoms with Crippen molar-refractivity contribution in [3.05, 3.63) is 42.5 Å². The smallest absolute Gasteiger partial charge is 0.245 e. The minimum Gasteiger partial charge on any atom is -0.495 e. The lowest BCUT2D eigenvalue weighted by Gasteiger charge is -2.22. The standard InChI is InChI=1S/C22H31N3O7S2/c1-15(2)24-34(29,30)19-11-12-21(31-5)20(13-19)23-22(26)14-25(33(6,27)28)17-7-9-18(10-8-17)32-16(3)4/h7-13,15-16,24H,14H2,1-6H3,(H,23,26). The van der Waals surface area contributed by atoms with E-state index >= 15 is 0 Å². The summed E-state index contributed by atoms with van der Waals surface area (Å²) in [5, 5.41) is 2.55. The zero-order valence-corrected chi connectivity index (χ0v) is 21.7. The molecule has 0 atom stereocenters. The molecule has 1 amide bonds. The Bertz CT molecular complexity index is 1210. The fourth-order valence-electron chi connectivity index (χ4n) is 3.01. The summed E-state index contributed by atoms with van der Waals surface area (Å²) in [5.74, 6) is 0.102. The van der Waals surface area contributed by atoms with Gasteiger partial charge in [0.2, 0.25) is 26.0 Å². The number of hydrogen-bond donors (Lipinski definition) is 2. The molecule has 0 aromatic heterocycles. The summed E-state index contributed by atoms with van der Waals surface area (Å²) in [4.78, 5) is 12.7. The molecule has 0 aliphatic carbocycles. The first kappa shape index (κ1) is 27.4. The Morgan fingerprint density at radius 1 is 1.00 bits per heavy atom. The quantitative estimate of drug-likeness (QED) is 0.472. The third kappa shape index (κ3) is 7.61. The molecule has 0 saturated carbocycles. The van der Waals surface area contributed by atoms with Gasteiger partial charge in [0.05, 0.1) is 35.7 Å². The van der Waals surface area contributed by atoms with Crippen molar-refractivity contribution in [2.24, 2.45) is 0 Å². The first-order valence-corrected chi connectivity index (χ1v) is 13.8. The monoisotopic (exact) mass is 513 g/mol. The average molecular weight is 514 g/mol. The number of rotatable bonds is 11. The molecule has 0 heterocycles. The van der Waals surface area contributed by atoms with Gasteiger partial charge in [0, 0.05) is 6.04 Å². The van der Waals surface area contributed by atoms with Gasteiger partial charge in [-0.2, -0.15) is 0 Å². The molecule has 0 unspecified atom stereocenters. The van der Waals surface area contributed by atoms with Crippen molar-refractivity contribution in [2.45, 2.75) is 44.7 Å². The number of sulfonamides is 2. The second kappa shape index (κ2) is 11.1. The highest BCUT2D eigenvalue weighted by Crippen LogP contribution is 2.28. The van der Waals surface area contributed by atoms with Crippen LogP contribution in [0, 0.1) is 0 Å². The van der Waals surface area contributed by atoms with Crippen molar-refractivity contribution in [2.75, 3.05) is 29.5 Å². The van der Waals surface area contributed by atoms with Crippen LogP contribution in [0.5, 0.6) is 11.5 Å². The lowest BCUT2D eigenvalue weighted by Crippen LogP contribution is -2.37. The van der Waals surface area contributed by atoms with E-state index in [9.17, 15) is 21.6 Å². The average Bonchev–Trinajstić information content (AvgIpc) is 2.70. The van der Waals surface area contributed by atoms with Gasteiger partial charge in [0.15, 0.2) is 0 Å². The van der Waals surface area contributed by atoms with Crippen LogP contribution < -0.4 is 23.8 Å². The molecule has 0 aliphatic rings. The van der Waals surface area contributed by atoms with Crippen LogP contribution in [0.3, 0.4) is 0 Å². The van der Waals surface area contributed by atoms with Crippen molar-refractivity contribution >= 4 is 37.3 Å². The van der Waals surface area contributed by atoms with Gasteiger partial charge in [0.25, 0.3) is 0 Å². The molecule has 2 N–H and O–H groups in total. The summed E-state index contributed by atoms with van der Waals surface area (Å²) in [5.41, 5.74) is 0.367. The Morgan fingerprint density at radius 3 is 2.12 bits per heavy atom. The molecule has 12 heteroatoms. The molecular weight excluding hydrogens is 482 g/mol. The number of hydrogen-bond acceptors (Lipinski definition) is 7. The van der Waals surface area contributed by atoms with Crippen LogP contribution in [0.25, 0.3) is 0 Å². The van der Waals surface area contributed by atoms with Gasteiger partial charge in [-0.05, 0) is 70.2 Å². The maximum Gasteiger partial charge on any atom is 0.245 e. The van der Waals surface area contributed by atoms with Gasteiger partial charge in [-0.25, -0.2) is 21.6 Å². The van der Waals surface area contributed by atoms with Crippen molar-refractivity contribution in [3.8, 4) is 11.5 Å². The molecule has 10 nitrogen and oxygen atoms in total. The van der Waals surface area contributed by atoms with E-state index in [1.807, 2.05) is 13.8 Å². The van der Waals surface area contributed by atoms with Gasteiger partial charge >= 0.3 is 0 Å². The minimum atomic E-state index is -3.82. The van der Waals surface area contributed by atoms with E-state index in [1.54, 1.807) is 26.0 Å². The van der Waals surface area contributed by atoms with Crippen molar-refractivity contribution in [1.29, 1.82) is 0 Å².